The van der Waals surface area contributed by atoms with Gasteiger partial charge in [0.05, 0.1) is 11.1 Å². The first-order chi connectivity index (χ1) is 12.0. The second kappa shape index (κ2) is 6.57. The Hall–Kier alpha value is -3.46. The Bertz CT molecular complexity index is 781. The maximum atomic E-state index is 12.2. The van der Waals surface area contributed by atoms with Crippen LogP contribution in [-0.2, 0) is 9.63 Å². The standard InChI is InChI=1S/C16H13N3O6/c20-13(17-6-3-7-18(9-8-17)16(23)24)10-25-19-14(21)11-4-1-2-5-12(11)15(19)22/h1-5,7-9H,6,10H2,(H,23,24). The molecule has 1 N–H and O–H groups in total. The molecule has 4 amide bonds. The van der Waals surface area contributed by atoms with Crippen molar-refractivity contribution in [2.45, 2.75) is 0 Å². The Morgan fingerprint density at radius 3 is 2.28 bits per heavy atom. The second-order valence-electron chi connectivity index (χ2n) is 5.14. The first kappa shape index (κ1) is 16.4. The fourth-order valence-electron chi connectivity index (χ4n) is 2.34. The molecule has 25 heavy (non-hydrogen) atoms. The predicted molar refractivity (Wildman–Crippen MR) is 82.8 cm³/mol. The van der Waals surface area contributed by atoms with E-state index in [1.807, 2.05) is 0 Å². The number of carboxylic acid groups (broad SMARTS) is 1. The van der Waals surface area contributed by atoms with E-state index in [9.17, 15) is 19.2 Å². The van der Waals surface area contributed by atoms with Gasteiger partial charge in [0.2, 0.25) is 0 Å². The molecule has 2 aliphatic rings. The Balaban J connectivity index is 1.63. The Morgan fingerprint density at radius 2 is 1.68 bits per heavy atom. The normalized spacial score (nSPS) is 16.2. The summed E-state index contributed by atoms with van der Waals surface area (Å²) in [6, 6.07) is 6.26. The summed E-state index contributed by atoms with van der Waals surface area (Å²) in [5.41, 5.74) is 0.435. The van der Waals surface area contributed by atoms with Crippen LogP contribution in [0.25, 0.3) is 0 Å². The number of fused-ring (bicyclic) bond motifs is 1. The highest BCUT2D eigenvalue weighted by Gasteiger charge is 2.37. The number of nitrogens with zero attached hydrogens (tertiary/aromatic N) is 3. The summed E-state index contributed by atoms with van der Waals surface area (Å²) < 4.78 is 0. The number of rotatable bonds is 3. The van der Waals surface area contributed by atoms with Crippen LogP contribution in [0.3, 0.4) is 0 Å². The van der Waals surface area contributed by atoms with E-state index < -0.39 is 30.4 Å². The van der Waals surface area contributed by atoms with Crippen LogP contribution >= 0.6 is 0 Å². The predicted octanol–water partition coefficient (Wildman–Crippen LogP) is 1.02. The molecule has 0 saturated carbocycles. The van der Waals surface area contributed by atoms with Crippen molar-refractivity contribution in [3.05, 3.63) is 60.1 Å². The minimum absolute atomic E-state index is 0.130. The van der Waals surface area contributed by atoms with Gasteiger partial charge in [-0.25, -0.2) is 4.79 Å². The topological polar surface area (TPSA) is 107 Å². The smallest absolute Gasteiger partial charge is 0.415 e. The monoisotopic (exact) mass is 343 g/mol. The highest BCUT2D eigenvalue weighted by molar-refractivity contribution is 6.20. The third-order valence-corrected chi connectivity index (χ3v) is 3.59. The van der Waals surface area contributed by atoms with Gasteiger partial charge in [-0.3, -0.25) is 24.1 Å². The third-order valence-electron chi connectivity index (χ3n) is 3.59. The van der Waals surface area contributed by atoms with Crippen LogP contribution in [0.4, 0.5) is 4.79 Å². The molecule has 0 aromatic heterocycles. The molecular formula is C16H13N3O6. The second-order valence-corrected chi connectivity index (χ2v) is 5.14. The molecule has 0 unspecified atom stereocenters. The van der Waals surface area contributed by atoms with Crippen LogP contribution in [0.1, 0.15) is 20.7 Å². The van der Waals surface area contributed by atoms with Crippen LogP contribution in [0, 0.1) is 0 Å². The van der Waals surface area contributed by atoms with Gasteiger partial charge in [-0.05, 0) is 18.2 Å². The van der Waals surface area contributed by atoms with E-state index in [1.165, 1.54) is 41.7 Å². The molecule has 2 aliphatic heterocycles. The summed E-state index contributed by atoms with van der Waals surface area (Å²) in [4.78, 5) is 54.5. The molecule has 1 aromatic carbocycles. The van der Waals surface area contributed by atoms with E-state index in [2.05, 4.69) is 0 Å². The Kier molecular flexibility index (Phi) is 4.31. The lowest BCUT2D eigenvalue weighted by molar-refractivity contribution is -0.146. The lowest BCUT2D eigenvalue weighted by atomic mass is 10.1. The molecule has 1 aromatic rings. The number of hydrogen-bond acceptors (Lipinski definition) is 5. The van der Waals surface area contributed by atoms with Gasteiger partial charge >= 0.3 is 6.09 Å². The van der Waals surface area contributed by atoms with Gasteiger partial charge in [0.15, 0.2) is 6.61 Å². The van der Waals surface area contributed by atoms with Gasteiger partial charge in [-0.2, -0.15) is 0 Å². The summed E-state index contributed by atoms with van der Waals surface area (Å²) >= 11 is 0. The van der Waals surface area contributed by atoms with Crippen molar-refractivity contribution >= 4 is 23.8 Å². The number of carbonyl (C=O) groups excluding carboxylic acids is 3. The van der Waals surface area contributed by atoms with Crippen molar-refractivity contribution in [2.75, 3.05) is 13.2 Å². The molecule has 3 rings (SSSR count). The molecule has 9 nitrogen and oxygen atoms in total. The van der Waals surface area contributed by atoms with E-state index in [4.69, 9.17) is 9.94 Å². The zero-order valence-corrected chi connectivity index (χ0v) is 12.9. The summed E-state index contributed by atoms with van der Waals surface area (Å²) in [5.74, 6) is -1.79. The van der Waals surface area contributed by atoms with Gasteiger partial charge in [0.1, 0.15) is 0 Å². The summed E-state index contributed by atoms with van der Waals surface area (Å²) in [5, 5.41) is 9.45. The third kappa shape index (κ3) is 3.12. The van der Waals surface area contributed by atoms with Crippen LogP contribution in [-0.4, -0.2) is 56.9 Å². The fourth-order valence-corrected chi connectivity index (χ4v) is 2.34. The lowest BCUT2D eigenvalue weighted by Crippen LogP contribution is -2.36. The van der Waals surface area contributed by atoms with E-state index >= 15 is 0 Å². The van der Waals surface area contributed by atoms with Crippen molar-refractivity contribution in [3.8, 4) is 0 Å². The van der Waals surface area contributed by atoms with Crippen molar-refractivity contribution in [3.63, 3.8) is 0 Å². The molecule has 0 radical (unpaired) electrons. The van der Waals surface area contributed by atoms with Gasteiger partial charge in [0, 0.05) is 25.1 Å². The number of benzene rings is 1. The van der Waals surface area contributed by atoms with Crippen molar-refractivity contribution in [2.24, 2.45) is 0 Å². The highest BCUT2D eigenvalue weighted by atomic mass is 16.7. The van der Waals surface area contributed by atoms with Crippen LogP contribution in [0.2, 0.25) is 0 Å². The van der Waals surface area contributed by atoms with Gasteiger partial charge < -0.3 is 10.0 Å². The van der Waals surface area contributed by atoms with Gasteiger partial charge in [-0.1, -0.05) is 12.1 Å². The minimum Gasteiger partial charge on any atom is -0.464 e. The zero-order chi connectivity index (χ0) is 18.0. The van der Waals surface area contributed by atoms with E-state index in [1.54, 1.807) is 12.1 Å². The number of carbonyl (C=O) groups is 4. The molecular weight excluding hydrogens is 330 g/mol. The van der Waals surface area contributed by atoms with E-state index in [-0.39, 0.29) is 17.7 Å². The summed E-state index contributed by atoms with van der Waals surface area (Å²) in [6.45, 7) is -0.415. The molecule has 0 atom stereocenters. The van der Waals surface area contributed by atoms with Crippen molar-refractivity contribution in [1.29, 1.82) is 0 Å². The molecule has 0 saturated heterocycles. The zero-order valence-electron chi connectivity index (χ0n) is 12.9. The Morgan fingerprint density at radius 1 is 1.04 bits per heavy atom. The molecule has 128 valence electrons. The van der Waals surface area contributed by atoms with Crippen molar-refractivity contribution < 1.29 is 29.1 Å². The van der Waals surface area contributed by atoms with E-state index in [0.29, 0.717) is 5.06 Å². The SMILES string of the molecule is O=C(O)N1C=CCN(C(=O)CON2C(=O)c3ccccc3C2=O)C=C1. The van der Waals surface area contributed by atoms with Crippen LogP contribution < -0.4 is 0 Å². The lowest BCUT2D eigenvalue weighted by Gasteiger charge is -2.18. The minimum atomic E-state index is -1.19. The molecule has 9 heteroatoms. The van der Waals surface area contributed by atoms with Gasteiger partial charge in [-0.15, -0.1) is 5.06 Å². The first-order valence-electron chi connectivity index (χ1n) is 7.25. The van der Waals surface area contributed by atoms with Gasteiger partial charge in [0.25, 0.3) is 17.7 Å². The summed E-state index contributed by atoms with van der Waals surface area (Å²) in [6.07, 6.45) is 4.07. The summed E-state index contributed by atoms with van der Waals surface area (Å²) in [7, 11) is 0. The fraction of sp³-hybridized carbons (Fsp3) is 0.125. The molecule has 0 spiro atoms. The van der Waals surface area contributed by atoms with Crippen LogP contribution in [0.5, 0.6) is 0 Å². The number of amides is 4. The van der Waals surface area contributed by atoms with Crippen LogP contribution in [0.15, 0.2) is 48.9 Å². The molecule has 2 heterocycles. The highest BCUT2D eigenvalue weighted by Crippen LogP contribution is 2.22. The average molecular weight is 343 g/mol. The average Bonchev–Trinajstić information content (AvgIpc) is 2.78. The number of hydrogen-bond donors (Lipinski definition) is 1. The van der Waals surface area contributed by atoms with E-state index in [0.717, 1.165) is 4.90 Å². The molecule has 0 bridgehead atoms. The maximum Gasteiger partial charge on any atom is 0.415 e. The molecule has 0 fully saturated rings. The largest absolute Gasteiger partial charge is 0.464 e. The quantitative estimate of drug-likeness (QED) is 0.821. The number of hydroxylamine groups is 2. The van der Waals surface area contributed by atoms with Crippen molar-refractivity contribution in [1.82, 2.24) is 14.9 Å². The number of imide groups is 1. The Labute approximate surface area is 141 Å². The first-order valence-corrected chi connectivity index (χ1v) is 7.25. The molecule has 0 aliphatic carbocycles. The maximum absolute atomic E-state index is 12.2.